The quantitative estimate of drug-likeness (QED) is 0.265. The number of carbonyl (C=O) groups excluding carboxylic acids is 5. The first-order chi connectivity index (χ1) is 17.9. The number of nitrogens with two attached hydrogens (primary N) is 1. The summed E-state index contributed by atoms with van der Waals surface area (Å²) in [6.07, 6.45) is 4.50. The monoisotopic (exact) mass is 529 g/mol. The van der Waals surface area contributed by atoms with E-state index in [9.17, 15) is 29.1 Å². The Morgan fingerprint density at radius 3 is 2.18 bits per heavy atom. The average molecular weight is 530 g/mol. The molecule has 5 atom stereocenters. The van der Waals surface area contributed by atoms with Crippen LogP contribution in [0, 0.1) is 11.8 Å². The molecule has 0 saturated carbocycles. The molecule has 1 heterocycles. The van der Waals surface area contributed by atoms with Gasteiger partial charge >= 0.3 is 0 Å². The zero-order chi connectivity index (χ0) is 28.4. The summed E-state index contributed by atoms with van der Waals surface area (Å²) < 4.78 is 0. The van der Waals surface area contributed by atoms with Crippen LogP contribution in [0.15, 0.2) is 36.4 Å². The van der Waals surface area contributed by atoms with Crippen molar-refractivity contribution in [3.05, 3.63) is 42.0 Å². The lowest BCUT2D eigenvalue weighted by Crippen LogP contribution is -2.56. The molecule has 0 radical (unpaired) electrons. The van der Waals surface area contributed by atoms with Gasteiger partial charge in [0.15, 0.2) is 0 Å². The van der Waals surface area contributed by atoms with Crippen molar-refractivity contribution in [1.29, 1.82) is 0 Å². The Bertz CT molecular complexity index is 1040. The van der Waals surface area contributed by atoms with Gasteiger partial charge < -0.3 is 32.1 Å². The molecule has 1 aliphatic rings. The lowest BCUT2D eigenvalue weighted by atomic mass is 9.94. The number of hydrogen-bond donors (Lipinski definition) is 6. The Kier molecular flexibility index (Phi) is 11.3. The van der Waals surface area contributed by atoms with Gasteiger partial charge in [-0.05, 0) is 43.4 Å². The van der Waals surface area contributed by atoms with Crippen molar-refractivity contribution in [2.75, 3.05) is 0 Å². The van der Waals surface area contributed by atoms with E-state index in [1.807, 2.05) is 0 Å². The number of allylic oxidation sites excluding steroid dienone is 1. The second-order valence-corrected chi connectivity index (χ2v) is 10.0. The number of phenols is 1. The van der Waals surface area contributed by atoms with Crippen LogP contribution in [0.2, 0.25) is 0 Å². The largest absolute Gasteiger partial charge is 0.508 e. The molecule has 0 bridgehead atoms. The fourth-order valence-corrected chi connectivity index (χ4v) is 4.00. The molecule has 1 aromatic rings. The third-order valence-electron chi connectivity index (χ3n) is 6.47. The van der Waals surface area contributed by atoms with Crippen molar-refractivity contribution in [2.45, 2.75) is 77.5 Å². The van der Waals surface area contributed by atoms with E-state index in [2.05, 4.69) is 21.3 Å². The molecule has 0 unspecified atom stereocenters. The first-order valence-electron chi connectivity index (χ1n) is 12.8. The number of primary amides is 1. The molecule has 5 amide bonds. The minimum atomic E-state index is -1.01. The average Bonchev–Trinajstić information content (AvgIpc) is 2.85. The summed E-state index contributed by atoms with van der Waals surface area (Å²) >= 11 is 0. The fraction of sp³-hybridized carbons (Fsp3) is 0.519. The number of hydrogen-bond acceptors (Lipinski definition) is 6. The van der Waals surface area contributed by atoms with E-state index in [0.717, 1.165) is 0 Å². The number of phenolic OH excluding ortho intramolecular Hbond substituents is 1. The zero-order valence-corrected chi connectivity index (χ0v) is 22.3. The molecule has 1 aromatic carbocycles. The summed E-state index contributed by atoms with van der Waals surface area (Å²) in [6.45, 7) is 6.73. The van der Waals surface area contributed by atoms with Crippen molar-refractivity contribution >= 4 is 29.5 Å². The summed E-state index contributed by atoms with van der Waals surface area (Å²) in [5, 5.41) is 20.6. The standard InChI is InChI=1S/C27H39N5O6/c1-15(2)23-27(38)29-17(4)25(36)31-21(14-18-10-12-19(33)13-11-18)26(37)30-20(16(3)24(35)32-23)8-6-5-7-9-22(28)34/h5-6,10-13,15-17,20-21,23,33H,7-9,14H2,1-4H3,(H2,28,34)(H,29,38)(H,30,37)(H,31,36)(H,32,35)/b6-5-/t16-,17+,20+,21+,23+/m0/s1. The highest BCUT2D eigenvalue weighted by molar-refractivity contribution is 5.95. The lowest BCUT2D eigenvalue weighted by Gasteiger charge is -2.28. The van der Waals surface area contributed by atoms with Crippen LogP contribution in [-0.2, 0) is 30.4 Å². The van der Waals surface area contributed by atoms with Crippen LogP contribution < -0.4 is 27.0 Å². The van der Waals surface area contributed by atoms with Gasteiger partial charge in [-0.15, -0.1) is 0 Å². The van der Waals surface area contributed by atoms with E-state index in [-0.39, 0.29) is 30.9 Å². The second-order valence-electron chi connectivity index (χ2n) is 10.0. The molecule has 2 rings (SSSR count). The first-order valence-corrected chi connectivity index (χ1v) is 12.8. The summed E-state index contributed by atoms with van der Waals surface area (Å²) in [4.78, 5) is 63.6. The van der Waals surface area contributed by atoms with Crippen molar-refractivity contribution in [3.63, 3.8) is 0 Å². The van der Waals surface area contributed by atoms with E-state index in [4.69, 9.17) is 5.73 Å². The molecule has 0 spiro atoms. The Labute approximate surface area is 223 Å². The highest BCUT2D eigenvalue weighted by Gasteiger charge is 2.34. The Hall–Kier alpha value is -3.89. The van der Waals surface area contributed by atoms with Crippen LogP contribution in [0.3, 0.4) is 0 Å². The van der Waals surface area contributed by atoms with E-state index < -0.39 is 59.6 Å². The Morgan fingerprint density at radius 2 is 1.58 bits per heavy atom. The number of carbonyl (C=O) groups is 5. The molecular weight excluding hydrogens is 490 g/mol. The van der Waals surface area contributed by atoms with Gasteiger partial charge in [0.25, 0.3) is 0 Å². The minimum Gasteiger partial charge on any atom is -0.508 e. The summed E-state index contributed by atoms with van der Waals surface area (Å²) in [7, 11) is 0. The predicted octanol–water partition coefficient (Wildman–Crippen LogP) is 0.411. The van der Waals surface area contributed by atoms with Gasteiger partial charge in [-0.3, -0.25) is 24.0 Å². The second kappa shape index (κ2) is 14.2. The fourth-order valence-electron chi connectivity index (χ4n) is 4.00. The molecule has 0 aromatic heterocycles. The van der Waals surface area contributed by atoms with Crippen molar-refractivity contribution in [2.24, 2.45) is 17.6 Å². The van der Waals surface area contributed by atoms with E-state index in [1.165, 1.54) is 19.1 Å². The molecule has 11 nitrogen and oxygen atoms in total. The predicted molar refractivity (Wildman–Crippen MR) is 141 cm³/mol. The third kappa shape index (κ3) is 9.20. The third-order valence-corrected chi connectivity index (χ3v) is 6.47. The van der Waals surface area contributed by atoms with Crippen molar-refractivity contribution in [3.8, 4) is 5.75 Å². The highest BCUT2D eigenvalue weighted by atomic mass is 16.3. The number of rotatable bonds is 8. The van der Waals surface area contributed by atoms with Crippen molar-refractivity contribution in [1.82, 2.24) is 21.3 Å². The summed E-state index contributed by atoms with van der Waals surface area (Å²) in [5.74, 6) is -3.32. The Morgan fingerprint density at radius 1 is 0.921 bits per heavy atom. The van der Waals surface area contributed by atoms with Crippen LogP contribution in [0.25, 0.3) is 0 Å². The van der Waals surface area contributed by atoms with Gasteiger partial charge in [0.1, 0.15) is 23.9 Å². The normalized spacial score (nSPS) is 25.4. The molecular formula is C27H39N5O6. The maximum absolute atomic E-state index is 13.4. The topological polar surface area (TPSA) is 180 Å². The smallest absolute Gasteiger partial charge is 0.243 e. The Balaban J connectivity index is 2.39. The maximum Gasteiger partial charge on any atom is 0.243 e. The van der Waals surface area contributed by atoms with Crippen LogP contribution in [0.4, 0.5) is 0 Å². The van der Waals surface area contributed by atoms with Gasteiger partial charge in [0.2, 0.25) is 29.5 Å². The molecule has 208 valence electrons. The van der Waals surface area contributed by atoms with Gasteiger partial charge in [-0.25, -0.2) is 0 Å². The summed E-state index contributed by atoms with van der Waals surface area (Å²) in [5.41, 5.74) is 5.87. The highest BCUT2D eigenvalue weighted by Crippen LogP contribution is 2.15. The van der Waals surface area contributed by atoms with Crippen molar-refractivity contribution < 1.29 is 29.1 Å². The molecule has 7 N–H and O–H groups in total. The molecule has 11 heteroatoms. The number of aromatic hydroxyl groups is 1. The number of amides is 5. The van der Waals surface area contributed by atoms with Gasteiger partial charge in [-0.2, -0.15) is 0 Å². The van der Waals surface area contributed by atoms with E-state index in [0.29, 0.717) is 12.0 Å². The molecule has 0 aliphatic carbocycles. The molecule has 1 saturated heterocycles. The SMILES string of the molecule is CC(C)[C@H]1NC(=O)[C@@H](C)[C@@H](C/C=C\CCC(N)=O)NC(=O)[C@@H](Cc2ccc(O)cc2)NC(=O)[C@@H](C)NC1=O. The molecule has 38 heavy (non-hydrogen) atoms. The van der Waals surface area contributed by atoms with Crippen LogP contribution in [0.1, 0.15) is 52.5 Å². The van der Waals surface area contributed by atoms with E-state index in [1.54, 1.807) is 45.1 Å². The zero-order valence-electron chi connectivity index (χ0n) is 22.3. The van der Waals surface area contributed by atoms with Gasteiger partial charge in [0.05, 0.1) is 5.92 Å². The van der Waals surface area contributed by atoms with Gasteiger partial charge in [-0.1, -0.05) is 45.1 Å². The first kappa shape index (κ1) is 30.3. The van der Waals surface area contributed by atoms with Gasteiger partial charge in [0, 0.05) is 18.9 Å². The van der Waals surface area contributed by atoms with Crippen LogP contribution >= 0.6 is 0 Å². The lowest BCUT2D eigenvalue weighted by molar-refractivity contribution is -0.134. The van der Waals surface area contributed by atoms with Crippen LogP contribution in [-0.4, -0.2) is 58.8 Å². The maximum atomic E-state index is 13.4. The van der Waals surface area contributed by atoms with Crippen LogP contribution in [0.5, 0.6) is 5.75 Å². The minimum absolute atomic E-state index is 0.0660. The number of nitrogens with one attached hydrogen (secondary N) is 4. The summed E-state index contributed by atoms with van der Waals surface area (Å²) in [6, 6.07) is 2.73. The molecule has 1 aliphatic heterocycles. The number of benzene rings is 1. The van der Waals surface area contributed by atoms with E-state index >= 15 is 0 Å². The molecule has 1 fully saturated rings.